The Balaban J connectivity index is 2.47. The molecular weight excluding hydrogens is 238 g/mol. The maximum absolute atomic E-state index is 12.9. The van der Waals surface area contributed by atoms with Gasteiger partial charge in [0.05, 0.1) is 12.6 Å². The van der Waals surface area contributed by atoms with Gasteiger partial charge in [-0.2, -0.15) is 0 Å². The predicted molar refractivity (Wildman–Crippen MR) is 64.5 cm³/mol. The first-order valence-corrected chi connectivity index (χ1v) is 5.43. The monoisotopic (exact) mass is 252 g/mol. The van der Waals surface area contributed by atoms with E-state index in [1.54, 1.807) is 6.92 Å². The number of hydrogen-bond acceptors (Lipinski definition) is 2. The van der Waals surface area contributed by atoms with Crippen LogP contribution in [0.15, 0.2) is 18.2 Å². The lowest BCUT2D eigenvalue weighted by Gasteiger charge is -2.13. The highest BCUT2D eigenvalue weighted by Crippen LogP contribution is 2.08. The van der Waals surface area contributed by atoms with Crippen molar-refractivity contribution in [3.05, 3.63) is 35.4 Å². The Morgan fingerprint density at radius 2 is 2.17 bits per heavy atom. The van der Waals surface area contributed by atoms with E-state index < -0.39 is 17.7 Å². The van der Waals surface area contributed by atoms with E-state index >= 15 is 0 Å². The summed E-state index contributed by atoms with van der Waals surface area (Å²) >= 11 is 0. The molecule has 1 amide bonds. The van der Waals surface area contributed by atoms with Crippen LogP contribution in [0.2, 0.25) is 0 Å². The number of amides is 1. The number of terminal acetylenes is 1. The van der Waals surface area contributed by atoms with Gasteiger partial charge in [0, 0.05) is 6.54 Å². The van der Waals surface area contributed by atoms with Crippen molar-refractivity contribution in [2.75, 3.05) is 6.54 Å². The SMILES string of the molecule is C#CCNC(=O)C(C)NCc1ccc(F)c(F)c1. The summed E-state index contributed by atoms with van der Waals surface area (Å²) in [7, 11) is 0. The average Bonchev–Trinajstić information content (AvgIpc) is 2.36. The van der Waals surface area contributed by atoms with Crippen molar-refractivity contribution in [3.8, 4) is 12.3 Å². The topological polar surface area (TPSA) is 41.1 Å². The average molecular weight is 252 g/mol. The number of carbonyl (C=O) groups is 1. The summed E-state index contributed by atoms with van der Waals surface area (Å²) in [6.45, 7) is 2.09. The van der Waals surface area contributed by atoms with Gasteiger partial charge in [0.25, 0.3) is 0 Å². The van der Waals surface area contributed by atoms with Crippen LogP contribution in [0.1, 0.15) is 12.5 Å². The molecule has 0 spiro atoms. The highest BCUT2D eigenvalue weighted by molar-refractivity contribution is 5.81. The zero-order valence-electron chi connectivity index (χ0n) is 9.97. The van der Waals surface area contributed by atoms with Crippen LogP contribution in [0.4, 0.5) is 8.78 Å². The Morgan fingerprint density at radius 1 is 1.44 bits per heavy atom. The van der Waals surface area contributed by atoms with E-state index in [2.05, 4.69) is 16.6 Å². The Bertz CT molecular complexity index is 469. The first-order valence-electron chi connectivity index (χ1n) is 5.43. The smallest absolute Gasteiger partial charge is 0.237 e. The normalized spacial score (nSPS) is 11.7. The van der Waals surface area contributed by atoms with Crippen LogP contribution in [0.25, 0.3) is 0 Å². The second-order valence-electron chi connectivity index (χ2n) is 3.77. The fourth-order valence-electron chi connectivity index (χ4n) is 1.30. The Morgan fingerprint density at radius 3 is 2.78 bits per heavy atom. The molecule has 0 aromatic heterocycles. The molecule has 0 radical (unpaired) electrons. The van der Waals surface area contributed by atoms with Crippen LogP contribution in [0.5, 0.6) is 0 Å². The molecule has 0 fully saturated rings. The van der Waals surface area contributed by atoms with E-state index in [1.165, 1.54) is 6.07 Å². The number of hydrogen-bond donors (Lipinski definition) is 2. The van der Waals surface area contributed by atoms with Crippen LogP contribution in [0, 0.1) is 24.0 Å². The Kier molecular flexibility index (Phi) is 5.28. The van der Waals surface area contributed by atoms with Crippen LogP contribution in [0.3, 0.4) is 0 Å². The van der Waals surface area contributed by atoms with Crippen LogP contribution in [-0.2, 0) is 11.3 Å². The first kappa shape index (κ1) is 14.1. The third-order valence-corrected chi connectivity index (χ3v) is 2.35. The molecule has 3 nitrogen and oxygen atoms in total. The zero-order chi connectivity index (χ0) is 13.5. The molecule has 2 N–H and O–H groups in total. The van der Waals surface area contributed by atoms with Crippen molar-refractivity contribution in [3.63, 3.8) is 0 Å². The third kappa shape index (κ3) is 4.15. The van der Waals surface area contributed by atoms with Gasteiger partial charge < -0.3 is 10.6 Å². The molecule has 0 aliphatic heterocycles. The van der Waals surface area contributed by atoms with Crippen molar-refractivity contribution in [1.82, 2.24) is 10.6 Å². The third-order valence-electron chi connectivity index (χ3n) is 2.35. The van der Waals surface area contributed by atoms with Gasteiger partial charge in [0.2, 0.25) is 5.91 Å². The summed E-state index contributed by atoms with van der Waals surface area (Å²) in [5.41, 5.74) is 0.561. The zero-order valence-corrected chi connectivity index (χ0v) is 9.97. The van der Waals surface area contributed by atoms with E-state index in [1.807, 2.05) is 0 Å². The molecule has 5 heteroatoms. The lowest BCUT2D eigenvalue weighted by molar-refractivity contribution is -0.122. The summed E-state index contributed by atoms with van der Waals surface area (Å²) in [6.07, 6.45) is 5.01. The maximum Gasteiger partial charge on any atom is 0.237 e. The molecule has 1 rings (SSSR count). The molecule has 1 unspecified atom stereocenters. The van der Waals surface area contributed by atoms with Crippen LogP contribution >= 0.6 is 0 Å². The van der Waals surface area contributed by atoms with E-state index in [9.17, 15) is 13.6 Å². The van der Waals surface area contributed by atoms with E-state index in [4.69, 9.17) is 6.42 Å². The maximum atomic E-state index is 12.9. The van der Waals surface area contributed by atoms with Gasteiger partial charge in [0.1, 0.15) is 0 Å². The second kappa shape index (κ2) is 6.72. The van der Waals surface area contributed by atoms with E-state index in [-0.39, 0.29) is 19.0 Å². The number of carbonyl (C=O) groups excluding carboxylic acids is 1. The number of benzene rings is 1. The molecule has 0 saturated heterocycles. The standard InChI is InChI=1S/C13H14F2N2O/c1-3-6-16-13(18)9(2)17-8-10-4-5-11(14)12(15)7-10/h1,4-5,7,9,17H,6,8H2,2H3,(H,16,18). The molecular formula is C13H14F2N2O. The Labute approximate surface area is 105 Å². The van der Waals surface area contributed by atoms with Crippen molar-refractivity contribution >= 4 is 5.91 Å². The molecule has 1 aromatic carbocycles. The van der Waals surface area contributed by atoms with Crippen molar-refractivity contribution < 1.29 is 13.6 Å². The van der Waals surface area contributed by atoms with Crippen molar-refractivity contribution in [1.29, 1.82) is 0 Å². The lowest BCUT2D eigenvalue weighted by atomic mass is 10.2. The molecule has 96 valence electrons. The molecule has 0 bridgehead atoms. The molecule has 0 saturated carbocycles. The molecule has 1 atom stereocenters. The van der Waals surface area contributed by atoms with Gasteiger partial charge in [-0.1, -0.05) is 12.0 Å². The largest absolute Gasteiger partial charge is 0.344 e. The van der Waals surface area contributed by atoms with Gasteiger partial charge in [-0.3, -0.25) is 4.79 Å². The first-order chi connectivity index (χ1) is 8.54. The minimum Gasteiger partial charge on any atom is -0.344 e. The van der Waals surface area contributed by atoms with Gasteiger partial charge in [-0.25, -0.2) is 8.78 Å². The van der Waals surface area contributed by atoms with Crippen molar-refractivity contribution in [2.24, 2.45) is 0 Å². The molecule has 0 heterocycles. The van der Waals surface area contributed by atoms with Crippen LogP contribution < -0.4 is 10.6 Å². The van der Waals surface area contributed by atoms with Gasteiger partial charge in [-0.15, -0.1) is 6.42 Å². The lowest BCUT2D eigenvalue weighted by Crippen LogP contribution is -2.41. The van der Waals surface area contributed by atoms with Gasteiger partial charge >= 0.3 is 0 Å². The van der Waals surface area contributed by atoms with E-state index in [0.29, 0.717) is 5.56 Å². The molecule has 0 aliphatic carbocycles. The van der Waals surface area contributed by atoms with Gasteiger partial charge in [0.15, 0.2) is 11.6 Å². The molecule has 18 heavy (non-hydrogen) atoms. The summed E-state index contributed by atoms with van der Waals surface area (Å²) in [6, 6.07) is 3.13. The Hall–Kier alpha value is -1.93. The second-order valence-corrected chi connectivity index (χ2v) is 3.77. The number of nitrogens with one attached hydrogen (secondary N) is 2. The quantitative estimate of drug-likeness (QED) is 0.773. The van der Waals surface area contributed by atoms with Crippen LogP contribution in [-0.4, -0.2) is 18.5 Å². The number of rotatable bonds is 5. The summed E-state index contributed by atoms with van der Waals surface area (Å²) in [5, 5.41) is 5.40. The highest BCUT2D eigenvalue weighted by Gasteiger charge is 2.11. The summed E-state index contributed by atoms with van der Waals surface area (Å²) in [4.78, 5) is 11.4. The fourth-order valence-corrected chi connectivity index (χ4v) is 1.30. The highest BCUT2D eigenvalue weighted by atomic mass is 19.2. The minimum absolute atomic E-state index is 0.163. The van der Waals surface area contributed by atoms with Gasteiger partial charge in [-0.05, 0) is 24.6 Å². The fraction of sp³-hybridized carbons (Fsp3) is 0.308. The summed E-state index contributed by atoms with van der Waals surface area (Å²) in [5.74, 6) is 0.256. The summed E-state index contributed by atoms with van der Waals surface area (Å²) < 4.78 is 25.6. The van der Waals surface area contributed by atoms with Crippen molar-refractivity contribution in [2.45, 2.75) is 19.5 Å². The van der Waals surface area contributed by atoms with E-state index in [0.717, 1.165) is 12.1 Å². The number of halogens is 2. The molecule has 1 aromatic rings. The molecule has 0 aliphatic rings. The minimum atomic E-state index is -0.904. The predicted octanol–water partition coefficient (Wildman–Crippen LogP) is 1.19.